The van der Waals surface area contributed by atoms with Gasteiger partial charge in [-0.1, -0.05) is 12.1 Å². The van der Waals surface area contributed by atoms with Gasteiger partial charge in [-0.3, -0.25) is 9.69 Å². The first-order chi connectivity index (χ1) is 15.5. The monoisotopic (exact) mass is 495 g/mol. The van der Waals surface area contributed by atoms with Crippen molar-refractivity contribution < 1.29 is 17.9 Å². The Bertz CT molecular complexity index is 1020. The quantitative estimate of drug-likeness (QED) is 0.614. The molecule has 0 atom stereocenters. The molecule has 0 radical (unpaired) electrons. The van der Waals surface area contributed by atoms with E-state index >= 15 is 0 Å². The third-order valence-electron chi connectivity index (χ3n) is 5.85. The highest BCUT2D eigenvalue weighted by Gasteiger charge is 2.33. The van der Waals surface area contributed by atoms with Crippen LogP contribution in [-0.2, 0) is 16.6 Å². The second-order valence-electron chi connectivity index (χ2n) is 7.90. The highest BCUT2D eigenvalue weighted by atomic mass is 32.2. The third kappa shape index (κ3) is 5.31. The minimum Gasteiger partial charge on any atom is -0.497 e. The van der Waals surface area contributed by atoms with E-state index < -0.39 is 10.0 Å². The molecule has 10 heteroatoms. The molecule has 1 aromatic carbocycles. The standard InChI is InChI=1S/C22H29N3O4S3/c1-29-19-5-3-18(4-6-19)17-23-8-2-9-24(11-10-23)22(26)21-20(7-14-31-21)32(27,28)25-12-15-30-16-13-25/h3-7,14H,2,8-13,15-17H2,1H3. The van der Waals surface area contributed by atoms with Gasteiger partial charge in [0.05, 0.1) is 7.11 Å². The molecule has 3 heterocycles. The zero-order valence-electron chi connectivity index (χ0n) is 18.2. The van der Waals surface area contributed by atoms with Crippen LogP contribution in [0.1, 0.15) is 21.7 Å². The third-order valence-corrected chi connectivity index (χ3v) is 9.77. The summed E-state index contributed by atoms with van der Waals surface area (Å²) in [4.78, 5) is 18.0. The molecule has 2 saturated heterocycles. The second kappa shape index (κ2) is 10.6. The molecule has 4 rings (SSSR count). The van der Waals surface area contributed by atoms with Gasteiger partial charge in [0.25, 0.3) is 5.91 Å². The van der Waals surface area contributed by atoms with Crippen LogP contribution in [0, 0.1) is 0 Å². The van der Waals surface area contributed by atoms with Gasteiger partial charge in [0.15, 0.2) is 0 Å². The molecule has 174 valence electrons. The summed E-state index contributed by atoms with van der Waals surface area (Å²) in [5.74, 6) is 2.26. The predicted molar refractivity (Wildman–Crippen MR) is 129 cm³/mol. The SMILES string of the molecule is COc1ccc(CN2CCCN(C(=O)c3sccc3S(=O)(=O)N3CCSCC3)CC2)cc1. The first-order valence-corrected chi connectivity index (χ1v) is 14.3. The van der Waals surface area contributed by atoms with Gasteiger partial charge in [-0.05, 0) is 35.6 Å². The van der Waals surface area contributed by atoms with Gasteiger partial charge in [0.1, 0.15) is 15.5 Å². The topological polar surface area (TPSA) is 70.2 Å². The molecule has 2 aliphatic rings. The molecule has 2 aliphatic heterocycles. The largest absolute Gasteiger partial charge is 0.497 e. The van der Waals surface area contributed by atoms with Crippen LogP contribution in [0.3, 0.4) is 0 Å². The van der Waals surface area contributed by atoms with Crippen molar-refractivity contribution in [1.29, 1.82) is 0 Å². The van der Waals surface area contributed by atoms with Gasteiger partial charge in [-0.2, -0.15) is 16.1 Å². The number of nitrogens with zero attached hydrogens (tertiary/aromatic N) is 3. The number of thioether (sulfide) groups is 1. The van der Waals surface area contributed by atoms with Crippen LogP contribution < -0.4 is 4.74 Å². The van der Waals surface area contributed by atoms with Gasteiger partial charge in [0, 0.05) is 57.3 Å². The van der Waals surface area contributed by atoms with Crippen molar-refractivity contribution >= 4 is 39.0 Å². The van der Waals surface area contributed by atoms with Crippen LogP contribution in [0.15, 0.2) is 40.6 Å². The average molecular weight is 496 g/mol. The van der Waals surface area contributed by atoms with Crippen LogP contribution in [0.2, 0.25) is 0 Å². The molecule has 0 aliphatic carbocycles. The maximum Gasteiger partial charge on any atom is 0.265 e. The van der Waals surface area contributed by atoms with Crippen molar-refractivity contribution in [2.24, 2.45) is 0 Å². The normalized spacial score (nSPS) is 19.0. The number of hydrogen-bond acceptors (Lipinski definition) is 7. The van der Waals surface area contributed by atoms with Crippen LogP contribution >= 0.6 is 23.1 Å². The van der Waals surface area contributed by atoms with Gasteiger partial charge < -0.3 is 9.64 Å². The van der Waals surface area contributed by atoms with Crippen molar-refractivity contribution in [3.8, 4) is 5.75 Å². The molecular weight excluding hydrogens is 466 g/mol. The van der Waals surface area contributed by atoms with Crippen molar-refractivity contribution in [3.63, 3.8) is 0 Å². The van der Waals surface area contributed by atoms with Crippen molar-refractivity contribution in [1.82, 2.24) is 14.1 Å². The Morgan fingerprint density at radius 2 is 1.75 bits per heavy atom. The predicted octanol–water partition coefficient (Wildman–Crippen LogP) is 2.84. The van der Waals surface area contributed by atoms with E-state index in [0.29, 0.717) is 31.1 Å². The number of thiophene rings is 1. The minimum atomic E-state index is -3.64. The average Bonchev–Trinajstić information content (AvgIpc) is 3.21. The van der Waals surface area contributed by atoms with Crippen molar-refractivity contribution in [3.05, 3.63) is 46.2 Å². The van der Waals surface area contributed by atoms with Crippen molar-refractivity contribution in [2.45, 2.75) is 17.9 Å². The summed E-state index contributed by atoms with van der Waals surface area (Å²) >= 11 is 2.99. The number of sulfonamides is 1. The van der Waals surface area contributed by atoms with Gasteiger partial charge >= 0.3 is 0 Å². The molecule has 2 fully saturated rings. The lowest BCUT2D eigenvalue weighted by Crippen LogP contribution is -2.39. The van der Waals surface area contributed by atoms with Crippen LogP contribution in [0.4, 0.5) is 0 Å². The van der Waals surface area contributed by atoms with Crippen LogP contribution in [0.5, 0.6) is 5.75 Å². The molecule has 2 aromatic rings. The van der Waals surface area contributed by atoms with Crippen LogP contribution in [-0.4, -0.2) is 86.3 Å². The summed E-state index contributed by atoms with van der Waals surface area (Å²) in [6.45, 7) is 4.70. The minimum absolute atomic E-state index is 0.165. The zero-order valence-corrected chi connectivity index (χ0v) is 20.7. The smallest absolute Gasteiger partial charge is 0.265 e. The van der Waals surface area contributed by atoms with E-state index in [1.165, 1.54) is 21.2 Å². The Balaban J connectivity index is 1.42. The molecule has 0 unspecified atom stereocenters. The lowest BCUT2D eigenvalue weighted by molar-refractivity contribution is 0.0762. The fourth-order valence-electron chi connectivity index (χ4n) is 4.05. The Kier molecular flexibility index (Phi) is 7.78. The summed E-state index contributed by atoms with van der Waals surface area (Å²) in [6, 6.07) is 9.64. The Labute approximate surface area is 198 Å². The van der Waals surface area contributed by atoms with E-state index in [-0.39, 0.29) is 10.8 Å². The maximum atomic E-state index is 13.3. The maximum absolute atomic E-state index is 13.3. The Morgan fingerprint density at radius 3 is 2.47 bits per heavy atom. The first-order valence-electron chi connectivity index (χ1n) is 10.8. The van der Waals surface area contributed by atoms with Gasteiger partial charge in [0.2, 0.25) is 10.0 Å². The Hall–Kier alpha value is -1.59. The molecule has 0 bridgehead atoms. The summed E-state index contributed by atoms with van der Waals surface area (Å²) < 4.78 is 33.1. The molecule has 1 aromatic heterocycles. The van der Waals surface area contributed by atoms with E-state index in [4.69, 9.17) is 4.74 Å². The molecule has 7 nitrogen and oxygen atoms in total. The van der Waals surface area contributed by atoms with Crippen molar-refractivity contribution in [2.75, 3.05) is 57.9 Å². The fourth-order valence-corrected chi connectivity index (χ4v) is 7.99. The highest BCUT2D eigenvalue weighted by molar-refractivity contribution is 7.99. The molecule has 0 N–H and O–H groups in total. The molecule has 0 saturated carbocycles. The lowest BCUT2D eigenvalue weighted by Gasteiger charge is -2.26. The van der Waals surface area contributed by atoms with E-state index in [9.17, 15) is 13.2 Å². The molecule has 0 spiro atoms. The van der Waals surface area contributed by atoms with E-state index in [1.807, 2.05) is 17.0 Å². The first kappa shape index (κ1) is 23.6. The highest BCUT2D eigenvalue weighted by Crippen LogP contribution is 2.28. The number of rotatable bonds is 6. The Morgan fingerprint density at radius 1 is 1.00 bits per heavy atom. The van der Waals surface area contributed by atoms with Gasteiger partial charge in [-0.15, -0.1) is 11.3 Å². The summed E-state index contributed by atoms with van der Waals surface area (Å²) in [7, 11) is -1.98. The molecular formula is C22H29N3O4S3. The summed E-state index contributed by atoms with van der Waals surface area (Å²) in [5.41, 5.74) is 1.21. The van der Waals surface area contributed by atoms with E-state index in [1.54, 1.807) is 30.3 Å². The number of methoxy groups -OCH3 is 1. The van der Waals surface area contributed by atoms with Gasteiger partial charge in [-0.25, -0.2) is 8.42 Å². The molecule has 32 heavy (non-hydrogen) atoms. The number of benzene rings is 1. The lowest BCUT2D eigenvalue weighted by atomic mass is 10.2. The van der Waals surface area contributed by atoms with E-state index in [0.717, 1.165) is 43.3 Å². The van der Waals surface area contributed by atoms with Crippen LogP contribution in [0.25, 0.3) is 0 Å². The number of carbonyl (C=O) groups excluding carboxylic acids is 1. The number of carbonyl (C=O) groups is 1. The fraction of sp³-hybridized carbons (Fsp3) is 0.500. The number of ether oxygens (including phenoxy) is 1. The second-order valence-corrected chi connectivity index (χ2v) is 11.9. The zero-order chi connectivity index (χ0) is 22.6. The number of hydrogen-bond donors (Lipinski definition) is 0. The summed E-state index contributed by atoms with van der Waals surface area (Å²) in [5, 5.41) is 1.71. The summed E-state index contributed by atoms with van der Waals surface area (Å²) in [6.07, 6.45) is 0.860. The number of amides is 1. The van der Waals surface area contributed by atoms with E-state index in [2.05, 4.69) is 17.0 Å². The molecule has 1 amide bonds.